The summed E-state index contributed by atoms with van der Waals surface area (Å²) >= 11 is 0. The first-order valence-corrected chi connectivity index (χ1v) is 9.95. The lowest BCUT2D eigenvalue weighted by molar-refractivity contribution is -0.116. The maximum Gasteiger partial charge on any atom is 0.224 e. The van der Waals surface area contributed by atoms with Gasteiger partial charge < -0.3 is 5.32 Å². The van der Waals surface area contributed by atoms with Crippen molar-refractivity contribution in [3.63, 3.8) is 0 Å². The van der Waals surface area contributed by atoms with Crippen molar-refractivity contribution in [2.45, 2.75) is 71.1 Å². The number of hydrogen-bond acceptors (Lipinski definition) is 3. The summed E-state index contributed by atoms with van der Waals surface area (Å²) in [5.74, 6) is 0.0538. The van der Waals surface area contributed by atoms with Crippen LogP contribution in [0.3, 0.4) is 0 Å². The summed E-state index contributed by atoms with van der Waals surface area (Å²) in [6, 6.07) is 5.69. The van der Waals surface area contributed by atoms with E-state index in [4.69, 9.17) is 0 Å². The molecule has 0 saturated heterocycles. The van der Waals surface area contributed by atoms with Crippen LogP contribution in [0.1, 0.15) is 71.1 Å². The van der Waals surface area contributed by atoms with E-state index in [1.165, 1.54) is 44.9 Å². The number of aryl methyl sites for hydroxylation is 1. The van der Waals surface area contributed by atoms with Crippen molar-refractivity contribution in [1.29, 1.82) is 0 Å². The van der Waals surface area contributed by atoms with Crippen LogP contribution in [0.4, 0.5) is 5.69 Å². The topological polar surface area (TPSA) is 59.8 Å². The number of aromatic nitrogens is 3. The second-order valence-electron chi connectivity index (χ2n) is 6.91. The fourth-order valence-electron chi connectivity index (χ4n) is 3.08. The number of pyridine rings is 1. The molecule has 0 aliphatic heterocycles. The lowest BCUT2D eigenvalue weighted by Crippen LogP contribution is -2.11. The van der Waals surface area contributed by atoms with Crippen LogP contribution in [0.15, 0.2) is 30.6 Å². The van der Waals surface area contributed by atoms with Gasteiger partial charge in [0.15, 0.2) is 0 Å². The number of nitrogens with one attached hydrogen (secondary N) is 1. The highest BCUT2D eigenvalue weighted by Gasteiger charge is 2.13. The molecule has 0 aliphatic carbocycles. The van der Waals surface area contributed by atoms with Crippen LogP contribution >= 0.6 is 0 Å². The number of nitrogens with zero attached hydrogens (tertiary/aromatic N) is 3. The Labute approximate surface area is 157 Å². The van der Waals surface area contributed by atoms with Gasteiger partial charge >= 0.3 is 0 Å². The second kappa shape index (κ2) is 11.4. The van der Waals surface area contributed by atoms with Gasteiger partial charge in [0.05, 0.1) is 11.4 Å². The van der Waals surface area contributed by atoms with Crippen molar-refractivity contribution in [3.8, 4) is 11.4 Å². The molecular formula is C21H32N4O. The van der Waals surface area contributed by atoms with E-state index in [2.05, 4.69) is 22.3 Å². The standard InChI is InChI=1S/C21H32N4O/c1-3-4-5-6-7-8-9-10-11-15-20(26)23-19-17-25(2)24-21(19)18-14-12-13-16-22-18/h12-14,16-17H,3-11,15H2,1-2H3,(H,23,26). The highest BCUT2D eigenvalue weighted by molar-refractivity contribution is 5.94. The predicted octanol–water partition coefficient (Wildman–Crippen LogP) is 5.34. The molecule has 5 heteroatoms. The largest absolute Gasteiger partial charge is 0.323 e. The molecule has 2 aromatic rings. The van der Waals surface area contributed by atoms with Gasteiger partial charge in [0, 0.05) is 25.9 Å². The number of rotatable bonds is 12. The second-order valence-corrected chi connectivity index (χ2v) is 6.91. The van der Waals surface area contributed by atoms with E-state index in [1.807, 2.05) is 31.4 Å². The van der Waals surface area contributed by atoms with Gasteiger partial charge in [0.1, 0.15) is 5.69 Å². The number of carbonyl (C=O) groups is 1. The summed E-state index contributed by atoms with van der Waals surface area (Å²) in [5, 5.41) is 7.42. The average Bonchev–Trinajstić information content (AvgIpc) is 3.01. The molecule has 0 radical (unpaired) electrons. The number of anilines is 1. The molecule has 0 fully saturated rings. The van der Waals surface area contributed by atoms with Crippen molar-refractivity contribution in [3.05, 3.63) is 30.6 Å². The number of amides is 1. The van der Waals surface area contributed by atoms with Gasteiger partial charge in [-0.3, -0.25) is 14.5 Å². The van der Waals surface area contributed by atoms with Crippen molar-refractivity contribution in [2.24, 2.45) is 7.05 Å². The Morgan fingerprint density at radius 2 is 1.73 bits per heavy atom. The molecule has 1 amide bonds. The summed E-state index contributed by atoms with van der Waals surface area (Å²) in [5.41, 5.74) is 2.21. The van der Waals surface area contributed by atoms with E-state index < -0.39 is 0 Å². The van der Waals surface area contributed by atoms with Crippen LogP contribution in [0.5, 0.6) is 0 Å². The molecule has 0 bridgehead atoms. The van der Waals surface area contributed by atoms with Crippen LogP contribution in [0.25, 0.3) is 11.4 Å². The Hall–Kier alpha value is -2.17. The summed E-state index contributed by atoms with van der Waals surface area (Å²) in [7, 11) is 1.85. The van der Waals surface area contributed by atoms with Gasteiger partial charge in [0.2, 0.25) is 5.91 Å². The average molecular weight is 357 g/mol. The first-order chi connectivity index (χ1) is 12.7. The molecule has 0 spiro atoms. The Kier molecular flexibility index (Phi) is 8.87. The summed E-state index contributed by atoms with van der Waals surface area (Å²) in [4.78, 5) is 16.6. The van der Waals surface area contributed by atoms with Gasteiger partial charge in [-0.05, 0) is 18.6 Å². The third kappa shape index (κ3) is 6.98. The minimum absolute atomic E-state index is 0.0538. The zero-order valence-electron chi connectivity index (χ0n) is 16.2. The Balaban J connectivity index is 1.69. The fraction of sp³-hybridized carbons (Fsp3) is 0.571. The van der Waals surface area contributed by atoms with Crippen molar-refractivity contribution < 1.29 is 4.79 Å². The minimum atomic E-state index is 0.0538. The molecule has 0 saturated carbocycles. The SMILES string of the molecule is CCCCCCCCCCCC(=O)Nc1cn(C)nc1-c1ccccn1. The normalized spacial score (nSPS) is 10.8. The van der Waals surface area contributed by atoms with E-state index in [0.29, 0.717) is 12.1 Å². The van der Waals surface area contributed by atoms with Gasteiger partial charge in [-0.2, -0.15) is 5.10 Å². The van der Waals surface area contributed by atoms with Crippen LogP contribution in [0, 0.1) is 0 Å². The number of hydrogen-bond donors (Lipinski definition) is 1. The van der Waals surface area contributed by atoms with Crippen molar-refractivity contribution >= 4 is 11.6 Å². The van der Waals surface area contributed by atoms with Gasteiger partial charge in [-0.1, -0.05) is 64.4 Å². The monoisotopic (exact) mass is 356 g/mol. The van der Waals surface area contributed by atoms with Crippen molar-refractivity contribution in [1.82, 2.24) is 14.8 Å². The summed E-state index contributed by atoms with van der Waals surface area (Å²) in [6.07, 6.45) is 15.4. The highest BCUT2D eigenvalue weighted by Crippen LogP contribution is 2.24. The van der Waals surface area contributed by atoms with Crippen LogP contribution in [-0.2, 0) is 11.8 Å². The van der Waals surface area contributed by atoms with E-state index in [-0.39, 0.29) is 5.91 Å². The Morgan fingerprint density at radius 1 is 1.04 bits per heavy atom. The Morgan fingerprint density at radius 3 is 2.38 bits per heavy atom. The first-order valence-electron chi connectivity index (χ1n) is 9.95. The van der Waals surface area contributed by atoms with Crippen LogP contribution < -0.4 is 5.32 Å². The first kappa shape index (κ1) is 20.1. The molecule has 0 unspecified atom stereocenters. The van der Waals surface area contributed by atoms with E-state index in [1.54, 1.807) is 10.9 Å². The quantitative estimate of drug-likeness (QED) is 0.522. The minimum Gasteiger partial charge on any atom is -0.323 e. The number of unbranched alkanes of at least 4 members (excludes halogenated alkanes) is 8. The third-order valence-corrected chi connectivity index (χ3v) is 4.52. The van der Waals surface area contributed by atoms with E-state index >= 15 is 0 Å². The van der Waals surface area contributed by atoms with Crippen LogP contribution in [0.2, 0.25) is 0 Å². The molecule has 0 aromatic carbocycles. The highest BCUT2D eigenvalue weighted by atomic mass is 16.1. The molecule has 2 heterocycles. The molecular weight excluding hydrogens is 324 g/mol. The fourth-order valence-corrected chi connectivity index (χ4v) is 3.08. The molecule has 0 aliphatic rings. The third-order valence-electron chi connectivity index (χ3n) is 4.52. The zero-order chi connectivity index (χ0) is 18.6. The predicted molar refractivity (Wildman–Crippen MR) is 107 cm³/mol. The Bertz CT molecular complexity index is 651. The van der Waals surface area contributed by atoms with Crippen molar-refractivity contribution in [2.75, 3.05) is 5.32 Å². The lowest BCUT2D eigenvalue weighted by atomic mass is 10.1. The molecule has 26 heavy (non-hydrogen) atoms. The number of carbonyl (C=O) groups excluding carboxylic acids is 1. The molecule has 2 rings (SSSR count). The maximum absolute atomic E-state index is 12.2. The maximum atomic E-state index is 12.2. The van der Waals surface area contributed by atoms with Gasteiger partial charge in [0.25, 0.3) is 0 Å². The lowest BCUT2D eigenvalue weighted by Gasteiger charge is -2.05. The summed E-state index contributed by atoms with van der Waals surface area (Å²) < 4.78 is 1.71. The van der Waals surface area contributed by atoms with Gasteiger partial charge in [-0.15, -0.1) is 0 Å². The van der Waals surface area contributed by atoms with E-state index in [9.17, 15) is 4.79 Å². The molecule has 2 aromatic heterocycles. The zero-order valence-corrected chi connectivity index (χ0v) is 16.2. The molecule has 0 atom stereocenters. The molecule has 5 nitrogen and oxygen atoms in total. The van der Waals surface area contributed by atoms with Gasteiger partial charge in [-0.25, -0.2) is 0 Å². The van der Waals surface area contributed by atoms with Crippen LogP contribution in [-0.4, -0.2) is 20.7 Å². The molecule has 1 N–H and O–H groups in total. The smallest absolute Gasteiger partial charge is 0.224 e. The van der Waals surface area contributed by atoms with E-state index in [0.717, 1.165) is 24.2 Å². The molecule has 142 valence electrons. The summed E-state index contributed by atoms with van der Waals surface area (Å²) in [6.45, 7) is 2.25.